The number of hydrogen-bond acceptors (Lipinski definition) is 5. The maximum absolute atomic E-state index is 12.4. The number of rotatable bonds is 8. The summed E-state index contributed by atoms with van der Waals surface area (Å²) in [6.07, 6.45) is 0. The fraction of sp³-hybridized carbons (Fsp3) is 0.211. The SMILES string of the molecule is COCCn1c(SCC(=O)Nc2c(Cl)cc(Cl)cc2Cl)nnc1-c1ccc(Cl)cc1. The molecule has 0 aliphatic carbocycles. The van der Waals surface area contributed by atoms with Gasteiger partial charge in [-0.1, -0.05) is 58.2 Å². The average Bonchev–Trinajstić information content (AvgIpc) is 3.10. The van der Waals surface area contributed by atoms with Gasteiger partial charge < -0.3 is 10.1 Å². The zero-order valence-electron chi connectivity index (χ0n) is 15.7. The van der Waals surface area contributed by atoms with Gasteiger partial charge in [-0.05, 0) is 36.4 Å². The number of amides is 1. The van der Waals surface area contributed by atoms with Gasteiger partial charge in [0.1, 0.15) is 0 Å². The van der Waals surface area contributed by atoms with Crippen molar-refractivity contribution in [2.75, 3.05) is 24.8 Å². The van der Waals surface area contributed by atoms with Gasteiger partial charge in [-0.25, -0.2) is 0 Å². The lowest BCUT2D eigenvalue weighted by Crippen LogP contribution is -2.15. The standard InChI is InChI=1S/C19H16Cl4N4O2S/c1-29-7-6-27-18(11-2-4-12(20)5-3-11)25-26-19(27)30-10-16(28)24-17-14(22)8-13(21)9-15(17)23/h2-5,8-9H,6-7,10H2,1H3,(H,24,28). The fourth-order valence-electron chi connectivity index (χ4n) is 2.56. The summed E-state index contributed by atoms with van der Waals surface area (Å²) in [6, 6.07) is 10.3. The maximum atomic E-state index is 12.4. The third kappa shape index (κ3) is 5.81. The molecule has 1 heterocycles. The smallest absolute Gasteiger partial charge is 0.234 e. The molecule has 3 rings (SSSR count). The van der Waals surface area contributed by atoms with Crippen LogP contribution in [0, 0.1) is 0 Å². The molecule has 1 aromatic heterocycles. The Kier molecular flexibility index (Phi) is 8.27. The van der Waals surface area contributed by atoms with Crippen LogP contribution in [0.2, 0.25) is 20.1 Å². The molecule has 30 heavy (non-hydrogen) atoms. The molecule has 2 aromatic carbocycles. The summed E-state index contributed by atoms with van der Waals surface area (Å²) in [7, 11) is 1.62. The summed E-state index contributed by atoms with van der Waals surface area (Å²) < 4.78 is 7.09. The van der Waals surface area contributed by atoms with Gasteiger partial charge in [0.25, 0.3) is 0 Å². The second-order valence-corrected chi connectivity index (χ2v) is 8.67. The Morgan fingerprint density at radius 2 is 1.73 bits per heavy atom. The number of hydrogen-bond donors (Lipinski definition) is 1. The molecule has 0 spiro atoms. The molecular weight excluding hydrogens is 490 g/mol. The number of carbonyl (C=O) groups excluding carboxylic acids is 1. The van der Waals surface area contributed by atoms with Gasteiger partial charge in [0.15, 0.2) is 11.0 Å². The van der Waals surface area contributed by atoms with Gasteiger partial charge in [0, 0.05) is 22.7 Å². The zero-order chi connectivity index (χ0) is 21.7. The number of aromatic nitrogens is 3. The summed E-state index contributed by atoms with van der Waals surface area (Å²) in [5.41, 5.74) is 1.18. The summed E-state index contributed by atoms with van der Waals surface area (Å²) in [5.74, 6) is 0.456. The van der Waals surface area contributed by atoms with Crippen LogP contribution in [-0.2, 0) is 16.1 Å². The number of halogens is 4. The van der Waals surface area contributed by atoms with Crippen LogP contribution < -0.4 is 5.32 Å². The molecule has 0 saturated carbocycles. The molecule has 0 atom stereocenters. The van der Waals surface area contributed by atoms with Crippen LogP contribution in [0.4, 0.5) is 5.69 Å². The molecule has 0 aliphatic heterocycles. The number of thioether (sulfide) groups is 1. The fourth-order valence-corrected chi connectivity index (χ4v) is 4.36. The van der Waals surface area contributed by atoms with Crippen molar-refractivity contribution in [1.29, 1.82) is 0 Å². The number of benzene rings is 2. The Hall–Kier alpha value is -1.48. The predicted molar refractivity (Wildman–Crippen MR) is 123 cm³/mol. The van der Waals surface area contributed by atoms with E-state index in [1.165, 1.54) is 23.9 Å². The zero-order valence-corrected chi connectivity index (χ0v) is 19.5. The summed E-state index contributed by atoms with van der Waals surface area (Å²) in [6.45, 7) is 0.995. The molecule has 1 amide bonds. The summed E-state index contributed by atoms with van der Waals surface area (Å²) >= 11 is 25.4. The number of carbonyl (C=O) groups is 1. The van der Waals surface area contributed by atoms with Crippen LogP contribution in [0.15, 0.2) is 41.6 Å². The van der Waals surface area contributed by atoms with Gasteiger partial charge >= 0.3 is 0 Å². The molecular formula is C19H16Cl4N4O2S. The van der Waals surface area contributed by atoms with Gasteiger partial charge in [-0.3, -0.25) is 9.36 Å². The molecule has 3 aromatic rings. The van der Waals surface area contributed by atoms with Gasteiger partial charge in [0.05, 0.1) is 34.6 Å². The molecule has 1 N–H and O–H groups in total. The van der Waals surface area contributed by atoms with Crippen LogP contribution in [-0.4, -0.2) is 40.1 Å². The number of methoxy groups -OCH3 is 1. The number of ether oxygens (including phenoxy) is 1. The molecule has 0 fully saturated rings. The molecule has 11 heteroatoms. The Bertz CT molecular complexity index is 1020. The van der Waals surface area contributed by atoms with E-state index in [-0.39, 0.29) is 21.7 Å². The van der Waals surface area contributed by atoms with E-state index in [0.717, 1.165) is 5.56 Å². The van der Waals surface area contributed by atoms with E-state index in [9.17, 15) is 4.79 Å². The van der Waals surface area contributed by atoms with Crippen molar-refractivity contribution in [3.63, 3.8) is 0 Å². The van der Waals surface area contributed by atoms with Crippen molar-refractivity contribution < 1.29 is 9.53 Å². The highest BCUT2D eigenvalue weighted by atomic mass is 35.5. The Morgan fingerprint density at radius 3 is 2.37 bits per heavy atom. The quantitative estimate of drug-likeness (QED) is 0.384. The van der Waals surface area contributed by atoms with Crippen LogP contribution >= 0.6 is 58.2 Å². The van der Waals surface area contributed by atoms with Crippen molar-refractivity contribution in [3.8, 4) is 11.4 Å². The summed E-state index contributed by atoms with van der Waals surface area (Å²) in [5, 5.41) is 13.3. The highest BCUT2D eigenvalue weighted by molar-refractivity contribution is 7.99. The van der Waals surface area contributed by atoms with Crippen molar-refractivity contribution in [2.45, 2.75) is 11.7 Å². The Morgan fingerprint density at radius 1 is 1.07 bits per heavy atom. The first-order valence-electron chi connectivity index (χ1n) is 8.64. The van der Waals surface area contributed by atoms with E-state index >= 15 is 0 Å². The van der Waals surface area contributed by atoms with E-state index in [1.54, 1.807) is 19.2 Å². The Balaban J connectivity index is 1.74. The second kappa shape index (κ2) is 10.7. The molecule has 0 radical (unpaired) electrons. The number of nitrogens with zero attached hydrogens (tertiary/aromatic N) is 3. The van der Waals surface area contributed by atoms with Crippen molar-refractivity contribution in [1.82, 2.24) is 14.8 Å². The lowest BCUT2D eigenvalue weighted by atomic mass is 10.2. The number of nitrogens with one attached hydrogen (secondary N) is 1. The van der Waals surface area contributed by atoms with Gasteiger partial charge in [-0.2, -0.15) is 0 Å². The average molecular weight is 506 g/mol. The highest BCUT2D eigenvalue weighted by Crippen LogP contribution is 2.34. The molecule has 0 saturated heterocycles. The Labute approximate surface area is 197 Å². The van der Waals surface area contributed by atoms with Crippen LogP contribution in [0.25, 0.3) is 11.4 Å². The van der Waals surface area contributed by atoms with E-state index in [0.29, 0.717) is 39.9 Å². The minimum atomic E-state index is -0.291. The topological polar surface area (TPSA) is 69.0 Å². The van der Waals surface area contributed by atoms with Crippen LogP contribution in [0.5, 0.6) is 0 Å². The van der Waals surface area contributed by atoms with Crippen LogP contribution in [0.1, 0.15) is 0 Å². The lowest BCUT2D eigenvalue weighted by molar-refractivity contribution is -0.113. The minimum Gasteiger partial charge on any atom is -0.383 e. The molecule has 158 valence electrons. The predicted octanol–water partition coefficient (Wildman–Crippen LogP) is 5.94. The van der Waals surface area contributed by atoms with Gasteiger partial charge in [0.2, 0.25) is 5.91 Å². The molecule has 0 aliphatic rings. The largest absolute Gasteiger partial charge is 0.383 e. The first-order chi connectivity index (χ1) is 14.4. The number of anilines is 1. The van der Waals surface area contributed by atoms with Crippen molar-refractivity contribution >= 4 is 69.8 Å². The molecule has 0 unspecified atom stereocenters. The monoisotopic (exact) mass is 504 g/mol. The van der Waals surface area contributed by atoms with E-state index < -0.39 is 0 Å². The van der Waals surface area contributed by atoms with Crippen molar-refractivity contribution in [3.05, 3.63) is 56.5 Å². The van der Waals surface area contributed by atoms with E-state index in [2.05, 4.69) is 15.5 Å². The minimum absolute atomic E-state index is 0.0843. The third-order valence-corrected chi connectivity index (χ3v) is 5.98. The highest BCUT2D eigenvalue weighted by Gasteiger charge is 2.17. The third-order valence-electron chi connectivity index (χ3n) is 3.94. The first-order valence-corrected chi connectivity index (χ1v) is 11.1. The van der Waals surface area contributed by atoms with E-state index in [4.69, 9.17) is 51.1 Å². The lowest BCUT2D eigenvalue weighted by Gasteiger charge is -2.11. The molecule has 6 nitrogen and oxygen atoms in total. The summed E-state index contributed by atoms with van der Waals surface area (Å²) in [4.78, 5) is 12.4. The normalized spacial score (nSPS) is 11.0. The maximum Gasteiger partial charge on any atom is 0.234 e. The van der Waals surface area contributed by atoms with Gasteiger partial charge in [-0.15, -0.1) is 10.2 Å². The van der Waals surface area contributed by atoms with E-state index in [1.807, 2.05) is 16.7 Å². The first kappa shape index (κ1) is 23.2. The second-order valence-electron chi connectivity index (χ2n) is 6.04. The molecule has 0 bridgehead atoms. The van der Waals surface area contributed by atoms with Crippen LogP contribution in [0.3, 0.4) is 0 Å². The van der Waals surface area contributed by atoms with Crippen molar-refractivity contribution in [2.24, 2.45) is 0 Å².